The maximum Gasteiger partial charge on any atom is 0.255 e. The molecular weight excluding hydrogens is 252 g/mol. The van der Waals surface area contributed by atoms with Crippen LogP contribution in [0.15, 0.2) is 29.4 Å². The fraction of sp³-hybridized carbons (Fsp3) is 0.182. The number of hydrazone groups is 1. The maximum absolute atomic E-state index is 10.5. The Hall–Kier alpha value is -2.15. The summed E-state index contributed by atoms with van der Waals surface area (Å²) in [6.45, 7) is 1.67. The first kappa shape index (κ1) is 13.9. The van der Waals surface area contributed by atoms with Gasteiger partial charge in [-0.25, -0.2) is 0 Å². The van der Waals surface area contributed by atoms with Crippen LogP contribution >= 0.6 is 12.2 Å². The van der Waals surface area contributed by atoms with Crippen molar-refractivity contribution in [3.05, 3.63) is 29.8 Å². The van der Waals surface area contributed by atoms with Gasteiger partial charge in [0.2, 0.25) is 0 Å². The van der Waals surface area contributed by atoms with Crippen molar-refractivity contribution in [3.63, 3.8) is 0 Å². The zero-order valence-electron chi connectivity index (χ0n) is 9.84. The van der Waals surface area contributed by atoms with E-state index in [2.05, 4.69) is 22.7 Å². The number of nitrogens with zero attached hydrogens (tertiary/aromatic N) is 1. The molecule has 6 nitrogen and oxygen atoms in total. The second-order valence-corrected chi connectivity index (χ2v) is 3.89. The topological polar surface area (TPSA) is 103 Å². The molecule has 0 atom stereocenters. The molecule has 0 spiro atoms. The molecule has 1 aromatic rings. The molecule has 0 aliphatic carbocycles. The summed E-state index contributed by atoms with van der Waals surface area (Å²) in [5, 5.41) is 4.09. The van der Waals surface area contributed by atoms with Crippen LogP contribution in [0.5, 0.6) is 5.75 Å². The molecule has 1 rings (SSSR count). The molecule has 96 valence electrons. The first-order valence-corrected chi connectivity index (χ1v) is 5.51. The lowest BCUT2D eigenvalue weighted by Crippen LogP contribution is -2.25. The lowest BCUT2D eigenvalue weighted by molar-refractivity contribution is -0.119. The van der Waals surface area contributed by atoms with Gasteiger partial charge in [0.1, 0.15) is 5.75 Å². The van der Waals surface area contributed by atoms with Crippen LogP contribution in [0.25, 0.3) is 0 Å². The quantitative estimate of drug-likeness (QED) is 0.399. The summed E-state index contributed by atoms with van der Waals surface area (Å²) < 4.78 is 5.13. The number of benzene rings is 1. The predicted molar refractivity (Wildman–Crippen MR) is 73.3 cm³/mol. The van der Waals surface area contributed by atoms with Crippen molar-refractivity contribution in [1.29, 1.82) is 0 Å². The molecule has 0 aliphatic rings. The molecule has 0 bridgehead atoms. The van der Waals surface area contributed by atoms with Crippen molar-refractivity contribution >= 4 is 28.9 Å². The molecule has 0 saturated heterocycles. The number of amides is 1. The van der Waals surface area contributed by atoms with Crippen LogP contribution in [0.4, 0.5) is 0 Å². The average molecular weight is 266 g/mol. The lowest BCUT2D eigenvalue weighted by Gasteiger charge is -2.05. The van der Waals surface area contributed by atoms with E-state index < -0.39 is 5.91 Å². The number of thiocarbonyl (C=S) groups is 1. The van der Waals surface area contributed by atoms with Crippen molar-refractivity contribution in [1.82, 2.24) is 5.43 Å². The lowest BCUT2D eigenvalue weighted by atomic mass is 10.1. The Morgan fingerprint density at radius 2 is 2.00 bits per heavy atom. The number of hydrogen-bond acceptors (Lipinski definition) is 4. The van der Waals surface area contributed by atoms with Gasteiger partial charge in [-0.05, 0) is 49.0 Å². The second kappa shape index (κ2) is 6.55. The number of carbonyl (C=O) groups is 1. The molecule has 1 amide bonds. The van der Waals surface area contributed by atoms with E-state index in [0.717, 1.165) is 11.3 Å². The summed E-state index contributed by atoms with van der Waals surface area (Å²) in [6, 6.07) is 7.04. The summed E-state index contributed by atoms with van der Waals surface area (Å²) in [5.41, 5.74) is 14.3. The number of rotatable bonds is 5. The van der Waals surface area contributed by atoms with Gasteiger partial charge in [0.15, 0.2) is 11.7 Å². The number of nitrogens with two attached hydrogens (primary N) is 2. The highest BCUT2D eigenvalue weighted by Crippen LogP contribution is 2.12. The Morgan fingerprint density at radius 1 is 1.39 bits per heavy atom. The number of hydrogen-bond donors (Lipinski definition) is 3. The number of carbonyl (C=O) groups excluding carboxylic acids is 1. The Labute approximate surface area is 110 Å². The SMILES string of the molecule is C/C(=N\NC(N)=S)c1ccc(OCC(N)=O)cc1. The van der Waals surface area contributed by atoms with Gasteiger partial charge in [-0.1, -0.05) is 0 Å². The van der Waals surface area contributed by atoms with Crippen molar-refractivity contribution in [2.75, 3.05) is 6.61 Å². The standard InChI is InChI=1S/C11H14N4O2S/c1-7(14-15-11(13)18)8-2-4-9(5-3-8)17-6-10(12)16/h2-5H,6H2,1H3,(H2,12,16)(H3,13,15,18)/b14-7+. The molecule has 7 heteroatoms. The molecule has 1 aromatic carbocycles. The van der Waals surface area contributed by atoms with Crippen LogP contribution in [0, 0.1) is 0 Å². The number of primary amides is 1. The summed E-state index contributed by atoms with van der Waals surface area (Å²) in [5.74, 6) is 0.0464. The Kier molecular flexibility index (Phi) is 5.06. The fourth-order valence-electron chi connectivity index (χ4n) is 1.15. The van der Waals surface area contributed by atoms with Crippen molar-refractivity contribution in [2.45, 2.75) is 6.92 Å². The maximum atomic E-state index is 10.5. The zero-order chi connectivity index (χ0) is 13.5. The first-order chi connectivity index (χ1) is 8.49. The number of ether oxygens (including phenoxy) is 1. The zero-order valence-corrected chi connectivity index (χ0v) is 10.7. The van der Waals surface area contributed by atoms with Gasteiger partial charge < -0.3 is 16.2 Å². The smallest absolute Gasteiger partial charge is 0.255 e. The van der Waals surface area contributed by atoms with Gasteiger partial charge in [-0.3, -0.25) is 10.2 Å². The van der Waals surface area contributed by atoms with E-state index in [1.165, 1.54) is 0 Å². The third kappa shape index (κ3) is 4.79. The van der Waals surface area contributed by atoms with Gasteiger partial charge >= 0.3 is 0 Å². The highest BCUT2D eigenvalue weighted by molar-refractivity contribution is 7.80. The minimum Gasteiger partial charge on any atom is -0.484 e. The van der Waals surface area contributed by atoms with Gasteiger partial charge in [-0.2, -0.15) is 5.10 Å². The summed E-state index contributed by atoms with van der Waals surface area (Å²) in [4.78, 5) is 10.5. The molecule has 5 N–H and O–H groups in total. The fourth-order valence-corrected chi connectivity index (χ4v) is 1.20. The Morgan fingerprint density at radius 3 is 2.50 bits per heavy atom. The molecule has 0 aromatic heterocycles. The van der Waals surface area contributed by atoms with Crippen LogP contribution in [-0.2, 0) is 4.79 Å². The van der Waals surface area contributed by atoms with Gasteiger partial charge in [0.25, 0.3) is 5.91 Å². The van der Waals surface area contributed by atoms with Gasteiger partial charge in [-0.15, -0.1) is 0 Å². The molecule has 0 saturated carbocycles. The third-order valence-electron chi connectivity index (χ3n) is 1.99. The van der Waals surface area contributed by atoms with Gasteiger partial charge in [0.05, 0.1) is 5.71 Å². The van der Waals surface area contributed by atoms with E-state index in [4.69, 9.17) is 16.2 Å². The third-order valence-corrected chi connectivity index (χ3v) is 2.08. The van der Waals surface area contributed by atoms with Gasteiger partial charge in [0, 0.05) is 0 Å². The van der Waals surface area contributed by atoms with E-state index in [-0.39, 0.29) is 11.7 Å². The summed E-state index contributed by atoms with van der Waals surface area (Å²) in [7, 11) is 0. The molecule has 18 heavy (non-hydrogen) atoms. The minimum absolute atomic E-state index is 0.107. The highest BCUT2D eigenvalue weighted by atomic mass is 32.1. The molecular formula is C11H14N4O2S. The van der Waals surface area contributed by atoms with Crippen LogP contribution in [0.2, 0.25) is 0 Å². The summed E-state index contributed by atoms with van der Waals surface area (Å²) in [6.07, 6.45) is 0. The van der Waals surface area contributed by atoms with Crippen molar-refractivity contribution in [3.8, 4) is 5.75 Å². The Bertz CT molecular complexity index is 470. The molecule has 0 aliphatic heterocycles. The van der Waals surface area contributed by atoms with Crippen LogP contribution in [0.1, 0.15) is 12.5 Å². The van der Waals surface area contributed by atoms with E-state index in [1.807, 2.05) is 6.92 Å². The average Bonchev–Trinajstić information content (AvgIpc) is 2.34. The van der Waals surface area contributed by atoms with E-state index >= 15 is 0 Å². The normalized spacial score (nSPS) is 10.8. The molecule has 0 heterocycles. The monoisotopic (exact) mass is 266 g/mol. The minimum atomic E-state index is -0.516. The van der Waals surface area contributed by atoms with Crippen LogP contribution in [0.3, 0.4) is 0 Å². The predicted octanol–water partition coefficient (Wildman–Crippen LogP) is 0.108. The van der Waals surface area contributed by atoms with E-state index in [9.17, 15) is 4.79 Å². The first-order valence-electron chi connectivity index (χ1n) is 5.10. The van der Waals surface area contributed by atoms with Crippen LogP contribution in [-0.4, -0.2) is 23.3 Å². The van der Waals surface area contributed by atoms with E-state index in [1.54, 1.807) is 24.3 Å². The van der Waals surface area contributed by atoms with Crippen molar-refractivity contribution < 1.29 is 9.53 Å². The largest absolute Gasteiger partial charge is 0.484 e. The van der Waals surface area contributed by atoms with Crippen molar-refractivity contribution in [2.24, 2.45) is 16.6 Å². The summed E-state index contributed by atoms with van der Waals surface area (Å²) >= 11 is 4.64. The number of nitrogens with one attached hydrogen (secondary N) is 1. The highest BCUT2D eigenvalue weighted by Gasteiger charge is 2.00. The molecule has 0 radical (unpaired) electrons. The molecule has 0 unspecified atom stereocenters. The van der Waals surface area contributed by atoms with E-state index in [0.29, 0.717) is 5.75 Å². The molecule has 0 fully saturated rings. The van der Waals surface area contributed by atoms with Crippen LogP contribution < -0.4 is 21.6 Å². The second-order valence-electron chi connectivity index (χ2n) is 3.45. The Balaban J connectivity index is 2.67.